The molecule has 2 N–H and O–H groups in total. The summed E-state index contributed by atoms with van der Waals surface area (Å²) < 4.78 is 17.3. The van der Waals surface area contributed by atoms with Gasteiger partial charge >= 0.3 is 11.9 Å². The number of carboxylic acids is 1. The predicted octanol–water partition coefficient (Wildman–Crippen LogP) is 1.86. The van der Waals surface area contributed by atoms with Crippen LogP contribution in [0.4, 0.5) is 0 Å². The van der Waals surface area contributed by atoms with Crippen molar-refractivity contribution < 1.29 is 33.7 Å². The highest BCUT2D eigenvalue weighted by atomic mass is 16.7. The third kappa shape index (κ3) is 7.29. The van der Waals surface area contributed by atoms with E-state index in [1.54, 1.807) is 0 Å². The van der Waals surface area contributed by atoms with Crippen LogP contribution in [0.3, 0.4) is 0 Å². The fourth-order valence-corrected chi connectivity index (χ4v) is 3.20. The van der Waals surface area contributed by atoms with Crippen LogP contribution in [0.2, 0.25) is 0 Å². The summed E-state index contributed by atoms with van der Waals surface area (Å²) in [5.74, 6) is -1.57. The fourth-order valence-electron chi connectivity index (χ4n) is 3.20. The van der Waals surface area contributed by atoms with Crippen molar-refractivity contribution in [2.75, 3.05) is 6.61 Å². The molecule has 0 bridgehead atoms. The highest BCUT2D eigenvalue weighted by Gasteiger charge is 2.46. The lowest BCUT2D eigenvalue weighted by atomic mass is 9.87. The molecule has 0 unspecified atom stereocenters. The van der Waals surface area contributed by atoms with Gasteiger partial charge in [0.1, 0.15) is 12.1 Å². The molecule has 8 nitrogen and oxygen atoms in total. The Morgan fingerprint density at radius 1 is 1.15 bits per heavy atom. The molecule has 8 heteroatoms. The van der Waals surface area contributed by atoms with Crippen molar-refractivity contribution in [1.29, 1.82) is 0 Å². The standard InChI is InChI=1S/C18H31NO7/c1-5-14-11(2)17(25-13(4)21)16(19-12(3)20)18(26-14)24-10-8-6-7-9-15(22)23/h11,14,16-18H,5-10H2,1-4H3,(H,19,20)(H,22,23)/t11-,14+,16+,17-,18+/m0/s1. The van der Waals surface area contributed by atoms with Gasteiger partial charge in [0.2, 0.25) is 5.91 Å². The molecule has 1 heterocycles. The Morgan fingerprint density at radius 2 is 1.85 bits per heavy atom. The number of hydrogen-bond donors (Lipinski definition) is 2. The molecule has 0 aromatic carbocycles. The molecule has 5 atom stereocenters. The zero-order chi connectivity index (χ0) is 19.7. The molecule has 1 aliphatic heterocycles. The van der Waals surface area contributed by atoms with Crippen LogP contribution in [0.1, 0.15) is 59.8 Å². The summed E-state index contributed by atoms with van der Waals surface area (Å²) in [5, 5.41) is 11.4. The topological polar surface area (TPSA) is 111 Å². The van der Waals surface area contributed by atoms with Crippen LogP contribution in [0, 0.1) is 5.92 Å². The lowest BCUT2D eigenvalue weighted by Gasteiger charge is -2.44. The van der Waals surface area contributed by atoms with Crippen molar-refractivity contribution in [3.8, 4) is 0 Å². The normalized spacial score (nSPS) is 28.4. The zero-order valence-electron chi connectivity index (χ0n) is 16.0. The van der Waals surface area contributed by atoms with Crippen LogP contribution in [-0.4, -0.2) is 54.1 Å². The minimum absolute atomic E-state index is 0.0869. The van der Waals surface area contributed by atoms with Gasteiger partial charge in [0.05, 0.1) is 6.10 Å². The Bertz CT molecular complexity index is 482. The van der Waals surface area contributed by atoms with Gasteiger partial charge in [-0.05, 0) is 19.3 Å². The molecule has 0 aromatic heterocycles. The van der Waals surface area contributed by atoms with Gasteiger partial charge in [-0.25, -0.2) is 0 Å². The van der Waals surface area contributed by atoms with E-state index >= 15 is 0 Å². The maximum absolute atomic E-state index is 11.6. The summed E-state index contributed by atoms with van der Waals surface area (Å²) in [6, 6.07) is -0.590. The highest BCUT2D eigenvalue weighted by molar-refractivity contribution is 5.73. The summed E-state index contributed by atoms with van der Waals surface area (Å²) in [7, 11) is 0. The first-order valence-electron chi connectivity index (χ1n) is 9.19. The minimum atomic E-state index is -0.809. The summed E-state index contributed by atoms with van der Waals surface area (Å²) in [4.78, 5) is 33.6. The second-order valence-electron chi connectivity index (χ2n) is 6.69. The van der Waals surface area contributed by atoms with Gasteiger partial charge in [-0.15, -0.1) is 0 Å². The van der Waals surface area contributed by atoms with E-state index < -0.39 is 30.4 Å². The molecule has 0 aliphatic carbocycles. The van der Waals surface area contributed by atoms with Gasteiger partial charge in [-0.1, -0.05) is 20.3 Å². The van der Waals surface area contributed by atoms with Crippen molar-refractivity contribution in [2.24, 2.45) is 5.92 Å². The van der Waals surface area contributed by atoms with Crippen LogP contribution >= 0.6 is 0 Å². The molecule has 150 valence electrons. The van der Waals surface area contributed by atoms with E-state index in [4.69, 9.17) is 19.3 Å². The maximum atomic E-state index is 11.6. The summed E-state index contributed by atoms with van der Waals surface area (Å²) in [5.41, 5.74) is 0. The minimum Gasteiger partial charge on any atom is -0.481 e. The predicted molar refractivity (Wildman–Crippen MR) is 93.3 cm³/mol. The first kappa shape index (κ1) is 22.4. The van der Waals surface area contributed by atoms with Crippen LogP contribution in [-0.2, 0) is 28.6 Å². The number of rotatable bonds is 10. The number of amides is 1. The van der Waals surface area contributed by atoms with Crippen LogP contribution in [0.25, 0.3) is 0 Å². The van der Waals surface area contributed by atoms with E-state index in [9.17, 15) is 14.4 Å². The Hall–Kier alpha value is -1.67. The molecule has 1 fully saturated rings. The van der Waals surface area contributed by atoms with Crippen LogP contribution < -0.4 is 5.32 Å². The Balaban J connectivity index is 2.71. The number of esters is 1. The molecular weight excluding hydrogens is 342 g/mol. The van der Waals surface area contributed by atoms with Crippen LogP contribution in [0.15, 0.2) is 0 Å². The number of unbranched alkanes of at least 4 members (excludes halogenated alkanes) is 2. The summed E-state index contributed by atoms with van der Waals surface area (Å²) in [6.45, 7) is 7.01. The lowest BCUT2D eigenvalue weighted by molar-refractivity contribution is -0.253. The quantitative estimate of drug-likeness (QED) is 0.444. The van der Waals surface area contributed by atoms with Crippen LogP contribution in [0.5, 0.6) is 0 Å². The number of carbonyl (C=O) groups excluding carboxylic acids is 2. The largest absolute Gasteiger partial charge is 0.481 e. The number of carboxylic acid groups (broad SMARTS) is 1. The van der Waals surface area contributed by atoms with E-state index in [2.05, 4.69) is 5.32 Å². The SMILES string of the molecule is CC[C@H]1O[C@@H](OCCCCCC(=O)O)[C@H](NC(C)=O)[C@@H](OC(C)=O)[C@H]1C. The van der Waals surface area contributed by atoms with Crippen molar-refractivity contribution in [3.05, 3.63) is 0 Å². The number of hydrogen-bond acceptors (Lipinski definition) is 6. The monoisotopic (exact) mass is 373 g/mol. The molecule has 26 heavy (non-hydrogen) atoms. The Morgan fingerprint density at radius 3 is 2.38 bits per heavy atom. The molecule has 0 radical (unpaired) electrons. The average molecular weight is 373 g/mol. The molecule has 0 spiro atoms. The Labute approximate surface area is 154 Å². The van der Waals surface area contributed by atoms with Gasteiger partial charge < -0.3 is 24.6 Å². The van der Waals surface area contributed by atoms with E-state index in [0.29, 0.717) is 19.4 Å². The second kappa shape index (κ2) is 11.1. The smallest absolute Gasteiger partial charge is 0.303 e. The molecule has 0 saturated carbocycles. The average Bonchev–Trinajstić information content (AvgIpc) is 2.54. The highest BCUT2D eigenvalue weighted by Crippen LogP contribution is 2.31. The van der Waals surface area contributed by atoms with E-state index in [-0.39, 0.29) is 24.3 Å². The van der Waals surface area contributed by atoms with E-state index in [1.807, 2.05) is 13.8 Å². The summed E-state index contributed by atoms with van der Waals surface area (Å²) in [6.07, 6.45) is 1.46. The van der Waals surface area contributed by atoms with Gasteiger partial charge in [-0.2, -0.15) is 0 Å². The molecule has 1 amide bonds. The lowest BCUT2D eigenvalue weighted by Crippen LogP contribution is -2.62. The molecule has 0 aromatic rings. The number of carbonyl (C=O) groups is 3. The van der Waals surface area contributed by atoms with Gasteiger partial charge in [0.25, 0.3) is 0 Å². The second-order valence-corrected chi connectivity index (χ2v) is 6.69. The number of aliphatic carboxylic acids is 1. The molecular formula is C18H31NO7. The first-order valence-corrected chi connectivity index (χ1v) is 9.19. The van der Waals surface area contributed by atoms with Gasteiger partial charge in [0, 0.05) is 32.8 Å². The van der Waals surface area contributed by atoms with Gasteiger partial charge in [-0.3, -0.25) is 14.4 Å². The molecule has 1 rings (SSSR count). The first-order chi connectivity index (χ1) is 12.3. The van der Waals surface area contributed by atoms with E-state index in [0.717, 1.165) is 12.8 Å². The van der Waals surface area contributed by atoms with Crippen molar-refractivity contribution in [2.45, 2.75) is 84.3 Å². The number of ether oxygens (including phenoxy) is 3. The third-order valence-corrected chi connectivity index (χ3v) is 4.45. The molecule has 1 saturated heterocycles. The third-order valence-electron chi connectivity index (χ3n) is 4.45. The van der Waals surface area contributed by atoms with E-state index in [1.165, 1.54) is 13.8 Å². The van der Waals surface area contributed by atoms with Gasteiger partial charge in [0.15, 0.2) is 6.29 Å². The fraction of sp³-hybridized carbons (Fsp3) is 0.833. The maximum Gasteiger partial charge on any atom is 0.303 e. The Kier molecular flexibility index (Phi) is 9.58. The van der Waals surface area contributed by atoms with Crippen molar-refractivity contribution in [3.63, 3.8) is 0 Å². The van der Waals surface area contributed by atoms with Crippen molar-refractivity contribution >= 4 is 17.8 Å². The number of nitrogens with one attached hydrogen (secondary N) is 1. The summed E-state index contributed by atoms with van der Waals surface area (Å²) >= 11 is 0. The zero-order valence-corrected chi connectivity index (χ0v) is 16.0. The molecule has 1 aliphatic rings. The van der Waals surface area contributed by atoms with Crippen molar-refractivity contribution in [1.82, 2.24) is 5.32 Å².